The van der Waals surface area contributed by atoms with Crippen LogP contribution in [-0.4, -0.2) is 99.5 Å². The molecule has 0 aromatic carbocycles. The summed E-state index contributed by atoms with van der Waals surface area (Å²) in [6.45, 7) is -1.34. The van der Waals surface area contributed by atoms with Crippen LogP contribution in [-0.2, 0) is 23.7 Å². The highest BCUT2D eigenvalue weighted by molar-refractivity contribution is 5.89. The predicted molar refractivity (Wildman–Crippen MR) is 88.0 cm³/mol. The van der Waals surface area contributed by atoms with E-state index in [0.717, 1.165) is 6.26 Å². The summed E-state index contributed by atoms with van der Waals surface area (Å²) in [5.41, 5.74) is -1.70. The van der Waals surface area contributed by atoms with Gasteiger partial charge in [-0.25, -0.2) is 4.79 Å². The van der Waals surface area contributed by atoms with E-state index in [1.165, 1.54) is 19.3 Å². The van der Waals surface area contributed by atoms with Gasteiger partial charge in [-0.05, 0) is 0 Å². The third kappa shape index (κ3) is 3.44. The van der Waals surface area contributed by atoms with Crippen LogP contribution in [0.25, 0.3) is 0 Å². The number of aliphatic hydroxyl groups excluding tert-OH is 5. The smallest absolute Gasteiger partial charge is 0.337 e. The molecule has 0 saturated carbocycles. The van der Waals surface area contributed by atoms with Gasteiger partial charge in [-0.3, -0.25) is 0 Å². The van der Waals surface area contributed by atoms with Gasteiger partial charge in [-0.15, -0.1) is 0 Å². The van der Waals surface area contributed by atoms with Gasteiger partial charge >= 0.3 is 5.97 Å². The van der Waals surface area contributed by atoms with Gasteiger partial charge in [-0.2, -0.15) is 0 Å². The number of allylic oxidation sites excluding steroid dienone is 1. The quantitative estimate of drug-likeness (QED) is 0.200. The number of esters is 1. The lowest BCUT2D eigenvalue weighted by molar-refractivity contribution is -0.346. The number of carbonyl (C=O) groups is 1. The van der Waals surface area contributed by atoms with Crippen LogP contribution in [0.4, 0.5) is 0 Å². The summed E-state index contributed by atoms with van der Waals surface area (Å²) in [5.74, 6) is -2.40. The van der Waals surface area contributed by atoms with Gasteiger partial charge in [0.2, 0.25) is 6.29 Å². The van der Waals surface area contributed by atoms with Crippen molar-refractivity contribution in [1.29, 1.82) is 0 Å². The fourth-order valence-corrected chi connectivity index (χ4v) is 3.71. The summed E-state index contributed by atoms with van der Waals surface area (Å²) >= 11 is 0. The maximum atomic E-state index is 12.0. The first-order chi connectivity index (χ1) is 13.3. The molecule has 28 heavy (non-hydrogen) atoms. The first-order valence-corrected chi connectivity index (χ1v) is 8.69. The van der Waals surface area contributed by atoms with Crippen LogP contribution in [0.1, 0.15) is 0 Å². The Kier molecular flexibility index (Phi) is 6.08. The molecule has 1 saturated heterocycles. The number of fused-ring (bicyclic) bond motifs is 1. The van der Waals surface area contributed by atoms with E-state index in [1.54, 1.807) is 0 Å². The third-order valence-corrected chi connectivity index (χ3v) is 5.33. The molecule has 0 unspecified atom stereocenters. The molecule has 2 aliphatic heterocycles. The van der Waals surface area contributed by atoms with E-state index in [4.69, 9.17) is 18.9 Å². The lowest BCUT2D eigenvalue weighted by Gasteiger charge is -2.44. The number of rotatable bonds is 5. The highest BCUT2D eigenvalue weighted by Crippen LogP contribution is 2.45. The molecule has 3 aliphatic rings. The van der Waals surface area contributed by atoms with Crippen LogP contribution in [0.15, 0.2) is 24.0 Å². The Balaban J connectivity index is 1.85. The molecule has 0 spiro atoms. The lowest BCUT2D eigenvalue weighted by Crippen LogP contribution is -2.61. The Morgan fingerprint density at radius 2 is 1.89 bits per heavy atom. The summed E-state index contributed by atoms with van der Waals surface area (Å²) in [4.78, 5) is 12.0. The number of carbonyl (C=O) groups excluding carboxylic acids is 1. The minimum Gasteiger partial charge on any atom is -0.471 e. The molecule has 0 radical (unpaired) electrons. The van der Waals surface area contributed by atoms with Crippen molar-refractivity contribution >= 4 is 5.97 Å². The van der Waals surface area contributed by atoms with Crippen LogP contribution in [0, 0.1) is 11.8 Å². The number of hydrogen-bond acceptors (Lipinski definition) is 11. The summed E-state index contributed by atoms with van der Waals surface area (Å²) in [5, 5.41) is 59.5. The molecule has 0 amide bonds. The topological polar surface area (TPSA) is 175 Å². The lowest BCUT2D eigenvalue weighted by atomic mass is 9.79. The van der Waals surface area contributed by atoms with Crippen molar-refractivity contribution in [1.82, 2.24) is 0 Å². The van der Waals surface area contributed by atoms with Gasteiger partial charge in [-0.1, -0.05) is 12.2 Å². The van der Waals surface area contributed by atoms with Crippen LogP contribution in [0.3, 0.4) is 0 Å². The zero-order valence-corrected chi connectivity index (χ0v) is 15.0. The van der Waals surface area contributed by atoms with Crippen molar-refractivity contribution in [3.8, 4) is 0 Å². The van der Waals surface area contributed by atoms with Crippen LogP contribution in [0.2, 0.25) is 0 Å². The number of ether oxygens (including phenoxy) is 4. The average Bonchev–Trinajstić information content (AvgIpc) is 3.06. The van der Waals surface area contributed by atoms with Gasteiger partial charge in [0.05, 0.1) is 38.1 Å². The van der Waals surface area contributed by atoms with Crippen molar-refractivity contribution in [3.05, 3.63) is 24.0 Å². The molecule has 0 aromatic rings. The molecule has 0 bridgehead atoms. The van der Waals surface area contributed by atoms with Gasteiger partial charge in [0.25, 0.3) is 0 Å². The Hall–Kier alpha value is -1.57. The van der Waals surface area contributed by atoms with Crippen molar-refractivity contribution in [2.45, 2.75) is 42.6 Å². The van der Waals surface area contributed by atoms with E-state index in [0.29, 0.717) is 0 Å². The highest BCUT2D eigenvalue weighted by Gasteiger charge is 2.55. The normalized spacial score (nSPS) is 45.2. The molecule has 158 valence electrons. The molecule has 11 nitrogen and oxygen atoms in total. The van der Waals surface area contributed by atoms with E-state index in [1.807, 2.05) is 0 Å². The maximum Gasteiger partial charge on any atom is 0.337 e. The van der Waals surface area contributed by atoms with E-state index < -0.39 is 73.6 Å². The van der Waals surface area contributed by atoms with Crippen molar-refractivity contribution in [2.75, 3.05) is 20.3 Å². The van der Waals surface area contributed by atoms with E-state index in [2.05, 4.69) is 0 Å². The first kappa shape index (κ1) is 21.1. The Morgan fingerprint density at radius 1 is 1.18 bits per heavy atom. The van der Waals surface area contributed by atoms with Crippen LogP contribution in [0.5, 0.6) is 0 Å². The second-order valence-electron chi connectivity index (χ2n) is 6.96. The highest BCUT2D eigenvalue weighted by atomic mass is 16.8. The fraction of sp³-hybridized carbons (Fsp3) is 0.706. The minimum atomic E-state index is -1.79. The van der Waals surface area contributed by atoms with Gasteiger partial charge in [0, 0.05) is 5.92 Å². The molecule has 11 heteroatoms. The molecule has 1 aliphatic carbocycles. The molecule has 2 heterocycles. The van der Waals surface area contributed by atoms with Gasteiger partial charge in [0.15, 0.2) is 6.29 Å². The van der Waals surface area contributed by atoms with Crippen molar-refractivity contribution in [3.63, 3.8) is 0 Å². The second kappa shape index (κ2) is 8.05. The van der Waals surface area contributed by atoms with Crippen LogP contribution >= 0.6 is 0 Å². The van der Waals surface area contributed by atoms with Gasteiger partial charge in [0.1, 0.15) is 30.0 Å². The maximum absolute atomic E-state index is 12.0. The zero-order valence-electron chi connectivity index (χ0n) is 15.0. The molecule has 1 fully saturated rings. The largest absolute Gasteiger partial charge is 0.471 e. The molecule has 6 N–H and O–H groups in total. The van der Waals surface area contributed by atoms with E-state index in [-0.39, 0.29) is 5.57 Å². The van der Waals surface area contributed by atoms with Crippen LogP contribution < -0.4 is 0 Å². The standard InChI is InChI=1S/C17H24O11/c1-25-14(23)8-5-26-15(10-7(8)2-3-17(10,24)6-19)28-16-13(22)12(21)11(20)9(4-18)27-16/h2-3,5,7,9-13,15-16,18-22,24H,4,6H2,1H3/t7-,9-,10-,11-,12+,13-,15+,16+,17+/m1/s1. The Morgan fingerprint density at radius 3 is 2.50 bits per heavy atom. The fourth-order valence-electron chi connectivity index (χ4n) is 3.71. The van der Waals surface area contributed by atoms with E-state index in [9.17, 15) is 35.4 Å². The van der Waals surface area contributed by atoms with E-state index >= 15 is 0 Å². The summed E-state index contributed by atoms with van der Waals surface area (Å²) in [6, 6.07) is 0. The molecular weight excluding hydrogens is 380 g/mol. The summed E-state index contributed by atoms with van der Waals surface area (Å²) in [7, 11) is 1.19. The Bertz CT molecular complexity index is 647. The second-order valence-corrected chi connectivity index (χ2v) is 6.96. The first-order valence-electron chi connectivity index (χ1n) is 8.69. The van der Waals surface area contributed by atoms with Crippen molar-refractivity contribution in [2.24, 2.45) is 11.8 Å². The monoisotopic (exact) mass is 404 g/mol. The molecule has 9 atom stereocenters. The Labute approximate surface area is 160 Å². The number of hydrogen-bond donors (Lipinski definition) is 6. The number of aliphatic hydroxyl groups is 6. The average molecular weight is 404 g/mol. The summed E-state index contributed by atoms with van der Waals surface area (Å²) < 4.78 is 21.0. The zero-order chi connectivity index (χ0) is 20.6. The third-order valence-electron chi connectivity index (χ3n) is 5.33. The van der Waals surface area contributed by atoms with Gasteiger partial charge < -0.3 is 49.6 Å². The predicted octanol–water partition coefficient (Wildman–Crippen LogP) is -3.26. The molecule has 3 rings (SSSR count). The number of methoxy groups -OCH3 is 1. The minimum absolute atomic E-state index is 0.0989. The van der Waals surface area contributed by atoms with Crippen molar-refractivity contribution < 1.29 is 54.4 Å². The molecular formula is C17H24O11. The SMILES string of the molecule is COC(=O)C1=CO[C@@H](O[C@@H]2O[C@H](CO)[C@@H](O)[C@H](O)[C@H]2O)[C@H]2[C@@H]1C=C[C@]2(O)CO. The molecule has 0 aromatic heterocycles. The summed E-state index contributed by atoms with van der Waals surface area (Å²) in [6.07, 6.45) is -4.99.